The molecule has 0 saturated carbocycles. The summed E-state index contributed by atoms with van der Waals surface area (Å²) in [6.45, 7) is 0. The number of hydrogen-bond acceptors (Lipinski definition) is 4. The summed E-state index contributed by atoms with van der Waals surface area (Å²) in [5.74, 6) is 0. The van der Waals surface area contributed by atoms with E-state index in [0.717, 1.165) is 45.3 Å². The van der Waals surface area contributed by atoms with Crippen LogP contribution in [-0.4, -0.2) is 16.1 Å². The van der Waals surface area contributed by atoms with Gasteiger partial charge in [-0.1, -0.05) is 194 Å². The smallest absolute Gasteiger partial charge is 0.184 e. The molecule has 318 valence electrons. The van der Waals surface area contributed by atoms with E-state index < -0.39 is 16.1 Å². The summed E-state index contributed by atoms with van der Waals surface area (Å²) in [5.41, 5.74) is 8.87. The van der Waals surface area contributed by atoms with E-state index in [0.29, 0.717) is 11.1 Å². The Morgan fingerprint density at radius 1 is 0.279 bits per heavy atom. The maximum absolute atomic E-state index is 10.8. The van der Waals surface area contributed by atoms with Crippen molar-refractivity contribution < 1.29 is 0 Å². The zero-order valence-electron chi connectivity index (χ0n) is 37.0. The molecule has 0 unspecified atom stereocenters. The molecule has 0 aliphatic carbocycles. The summed E-state index contributed by atoms with van der Waals surface area (Å²) in [4.78, 5) is 4.69. The van der Waals surface area contributed by atoms with Crippen molar-refractivity contribution in [3.8, 4) is 23.3 Å². The highest BCUT2D eigenvalue weighted by Gasteiger charge is 2.50. The lowest BCUT2D eigenvalue weighted by molar-refractivity contribution is 1.28. The molecule has 0 spiro atoms. The van der Waals surface area contributed by atoms with Crippen molar-refractivity contribution in [1.29, 1.82) is 10.5 Å². The molecule has 4 nitrogen and oxygen atoms in total. The van der Waals surface area contributed by atoms with Gasteiger partial charge in [-0.15, -0.1) is 0 Å². The van der Waals surface area contributed by atoms with Crippen molar-refractivity contribution in [2.45, 2.75) is 0 Å². The van der Waals surface area contributed by atoms with Crippen LogP contribution in [0, 0.1) is 22.7 Å². The fraction of sp³-hybridized carbons (Fsp3) is 0. The third-order valence-corrected chi connectivity index (χ3v) is 23.7. The third-order valence-electron chi connectivity index (χ3n) is 14.0. The van der Waals surface area contributed by atoms with E-state index in [9.17, 15) is 10.5 Å². The predicted molar refractivity (Wildman–Crippen MR) is 285 cm³/mol. The number of fused-ring (bicyclic) bond motifs is 4. The van der Waals surface area contributed by atoms with Gasteiger partial charge in [-0.3, -0.25) is 0 Å². The normalized spacial score (nSPS) is 13.7. The highest BCUT2D eigenvalue weighted by atomic mass is 28.3. The van der Waals surface area contributed by atoms with Gasteiger partial charge in [0, 0.05) is 34.1 Å². The quantitative estimate of drug-likeness (QED) is 0.150. The average Bonchev–Trinajstić information content (AvgIpc) is 3.42. The third kappa shape index (κ3) is 6.17. The van der Waals surface area contributed by atoms with Crippen molar-refractivity contribution in [2.24, 2.45) is 0 Å². The number of nitrogens with zero attached hydrogens (tertiary/aromatic N) is 4. The van der Waals surface area contributed by atoms with Crippen LogP contribution in [0.2, 0.25) is 0 Å². The molecule has 0 N–H and O–H groups in total. The molecule has 2 heterocycles. The summed E-state index contributed by atoms with van der Waals surface area (Å²) in [5, 5.41) is 32.0. The number of benzene rings is 10. The maximum Gasteiger partial charge on any atom is 0.184 e. The molecule has 6 heteroatoms. The minimum absolute atomic E-state index is 0.534. The summed E-state index contributed by atoms with van der Waals surface area (Å²) >= 11 is 0. The van der Waals surface area contributed by atoms with Crippen LogP contribution in [0.4, 0.5) is 34.1 Å². The molecule has 10 aromatic carbocycles. The van der Waals surface area contributed by atoms with Crippen molar-refractivity contribution in [3.63, 3.8) is 0 Å². The van der Waals surface area contributed by atoms with E-state index in [1.807, 2.05) is 24.3 Å². The predicted octanol–water partition coefficient (Wildman–Crippen LogP) is 9.42. The molecule has 0 bridgehead atoms. The molecule has 10 aromatic rings. The lowest BCUT2D eigenvalue weighted by Crippen LogP contribution is -2.77. The van der Waals surface area contributed by atoms with Gasteiger partial charge in [0.05, 0.1) is 23.3 Å². The molecule has 68 heavy (non-hydrogen) atoms. The Labute approximate surface area is 399 Å². The van der Waals surface area contributed by atoms with Crippen LogP contribution in [0.3, 0.4) is 0 Å². The number of anilines is 6. The molecule has 2 aliphatic rings. The first-order valence-corrected chi connectivity index (χ1v) is 27.0. The number of para-hydroxylation sites is 4. The van der Waals surface area contributed by atoms with Crippen molar-refractivity contribution in [3.05, 3.63) is 266 Å². The van der Waals surface area contributed by atoms with E-state index in [2.05, 4.69) is 252 Å². The Hall–Kier alpha value is -8.79. The maximum atomic E-state index is 10.8. The first-order chi connectivity index (χ1) is 33.6. The van der Waals surface area contributed by atoms with E-state index in [1.165, 1.54) is 41.5 Å². The van der Waals surface area contributed by atoms with Crippen molar-refractivity contribution in [2.75, 3.05) is 9.80 Å². The Kier molecular flexibility index (Phi) is 9.92. The molecular formula is C62H42N4Si2. The Bertz CT molecular complexity index is 3200. The van der Waals surface area contributed by atoms with Gasteiger partial charge in [-0.25, -0.2) is 0 Å². The Morgan fingerprint density at radius 2 is 0.529 bits per heavy atom. The Balaban J connectivity index is 1.06. The second-order valence-corrected chi connectivity index (χ2v) is 24.9. The monoisotopic (exact) mass is 898 g/mol. The molecule has 12 rings (SSSR count). The zero-order chi connectivity index (χ0) is 45.7. The van der Waals surface area contributed by atoms with Gasteiger partial charge in [0.25, 0.3) is 0 Å². The SMILES string of the molecule is N#Cc1cc(-c2cc(C#N)cc(N3c4ccccc4[Si](c4ccccc4)(c4ccccc4)c4ccccc43)c2)cc(N2c3ccccc3[Si](c3ccccc3)(c3ccccc3)c3ccccc32)c1. The van der Waals surface area contributed by atoms with Crippen molar-refractivity contribution >= 4 is 91.8 Å². The number of rotatable bonds is 7. The number of hydrogen-bond donors (Lipinski definition) is 0. The molecular weight excluding hydrogens is 857 g/mol. The van der Waals surface area contributed by atoms with Gasteiger partial charge < -0.3 is 9.80 Å². The molecule has 0 fully saturated rings. The molecule has 0 amide bonds. The van der Waals surface area contributed by atoms with Gasteiger partial charge in [0.1, 0.15) is 0 Å². The van der Waals surface area contributed by atoms with Crippen LogP contribution in [-0.2, 0) is 0 Å². The van der Waals surface area contributed by atoms with Crippen LogP contribution >= 0.6 is 0 Å². The van der Waals surface area contributed by atoms with Crippen LogP contribution < -0.4 is 51.3 Å². The molecule has 0 aromatic heterocycles. The van der Waals surface area contributed by atoms with E-state index in [-0.39, 0.29) is 0 Å². The first-order valence-electron chi connectivity index (χ1n) is 23.0. The molecule has 2 aliphatic heterocycles. The average molecular weight is 899 g/mol. The lowest BCUT2D eigenvalue weighted by Gasteiger charge is -2.45. The second kappa shape index (κ2) is 16.6. The summed E-state index contributed by atoms with van der Waals surface area (Å²) in [6, 6.07) is 96.6. The summed E-state index contributed by atoms with van der Waals surface area (Å²) in [6.07, 6.45) is 0. The van der Waals surface area contributed by atoms with Crippen molar-refractivity contribution in [1.82, 2.24) is 0 Å². The van der Waals surface area contributed by atoms with E-state index in [4.69, 9.17) is 0 Å². The van der Waals surface area contributed by atoms with Crippen LogP contribution in [0.1, 0.15) is 11.1 Å². The van der Waals surface area contributed by atoms with Gasteiger partial charge in [-0.2, -0.15) is 10.5 Å². The van der Waals surface area contributed by atoms with Gasteiger partial charge in [0.2, 0.25) is 0 Å². The molecule has 0 saturated heterocycles. The number of nitriles is 2. The van der Waals surface area contributed by atoms with E-state index in [1.54, 1.807) is 0 Å². The lowest BCUT2D eigenvalue weighted by atomic mass is 9.98. The van der Waals surface area contributed by atoms with Gasteiger partial charge in [0.15, 0.2) is 16.1 Å². The first kappa shape index (κ1) is 40.7. The largest absolute Gasteiger partial charge is 0.311 e. The van der Waals surface area contributed by atoms with Crippen LogP contribution in [0.15, 0.2) is 255 Å². The fourth-order valence-electron chi connectivity index (χ4n) is 11.3. The van der Waals surface area contributed by atoms with Gasteiger partial charge >= 0.3 is 0 Å². The summed E-state index contributed by atoms with van der Waals surface area (Å²) < 4.78 is 0. The van der Waals surface area contributed by atoms with Crippen LogP contribution in [0.5, 0.6) is 0 Å². The van der Waals surface area contributed by atoms with Crippen LogP contribution in [0.25, 0.3) is 11.1 Å². The molecule has 0 radical (unpaired) electrons. The minimum atomic E-state index is -2.85. The minimum Gasteiger partial charge on any atom is -0.311 e. The highest BCUT2D eigenvalue weighted by Crippen LogP contribution is 2.43. The summed E-state index contributed by atoms with van der Waals surface area (Å²) in [7, 11) is -5.69. The standard InChI is InChI=1S/C62H42N4Si2/c63-43-45-37-47(41-49(39-45)65-55-29-13-17-33-59(55)67(51-21-5-1-6-22-51,52-23-7-2-8-24-52)60-34-18-14-30-56(60)65)48-38-46(44-64)40-50(42-48)66-57-31-15-19-35-61(57)68(53-25-9-3-10-26-53,54-27-11-4-12-28-54)62-36-20-16-32-58(62)66/h1-42H. The second-order valence-electron chi connectivity index (χ2n) is 17.5. The fourth-order valence-corrected chi connectivity index (χ4v) is 21.5. The van der Waals surface area contributed by atoms with Gasteiger partial charge in [-0.05, 0) is 113 Å². The zero-order valence-corrected chi connectivity index (χ0v) is 39.0. The highest BCUT2D eigenvalue weighted by molar-refractivity contribution is 7.22. The molecule has 0 atom stereocenters. The topological polar surface area (TPSA) is 54.1 Å². The Morgan fingerprint density at radius 3 is 0.794 bits per heavy atom. The van der Waals surface area contributed by atoms with E-state index >= 15 is 0 Å².